The number of rotatable bonds is 6. The summed E-state index contributed by atoms with van der Waals surface area (Å²) in [7, 11) is 3.41. The summed E-state index contributed by atoms with van der Waals surface area (Å²) in [6, 6.07) is 5.63. The third-order valence-corrected chi connectivity index (χ3v) is 3.64. The van der Waals surface area contributed by atoms with Gasteiger partial charge in [-0.3, -0.25) is 4.68 Å². The fourth-order valence-corrected chi connectivity index (χ4v) is 2.35. The van der Waals surface area contributed by atoms with E-state index in [-0.39, 0.29) is 0 Å². The summed E-state index contributed by atoms with van der Waals surface area (Å²) in [4.78, 5) is 0. The van der Waals surface area contributed by atoms with E-state index in [9.17, 15) is 5.11 Å². The molecule has 1 heterocycles. The van der Waals surface area contributed by atoms with Crippen molar-refractivity contribution in [1.29, 1.82) is 0 Å². The van der Waals surface area contributed by atoms with E-state index in [2.05, 4.69) is 10.4 Å². The molecule has 0 saturated carbocycles. The Kier molecular flexibility index (Phi) is 4.88. The highest BCUT2D eigenvalue weighted by Crippen LogP contribution is 2.25. The highest BCUT2D eigenvalue weighted by atomic mass is 35.5. The average molecular weight is 310 g/mol. The average Bonchev–Trinajstić information content (AvgIpc) is 2.86. The first-order valence-electron chi connectivity index (χ1n) is 6.67. The topological polar surface area (TPSA) is 59.3 Å². The molecule has 1 atom stereocenters. The molecule has 21 heavy (non-hydrogen) atoms. The van der Waals surface area contributed by atoms with Crippen LogP contribution in [-0.4, -0.2) is 28.5 Å². The highest BCUT2D eigenvalue weighted by Gasteiger charge is 2.24. The van der Waals surface area contributed by atoms with Gasteiger partial charge in [-0.05, 0) is 24.6 Å². The Bertz CT molecular complexity index is 611. The first-order valence-corrected chi connectivity index (χ1v) is 7.05. The SMILES string of the molecule is COc1ccc(CNCC(C)(O)c2cnn(C)c2)cc1Cl. The van der Waals surface area contributed by atoms with E-state index in [1.165, 1.54) is 0 Å². The van der Waals surface area contributed by atoms with Crippen molar-refractivity contribution >= 4 is 11.6 Å². The lowest BCUT2D eigenvalue weighted by molar-refractivity contribution is 0.0566. The third-order valence-electron chi connectivity index (χ3n) is 3.34. The maximum Gasteiger partial charge on any atom is 0.137 e. The van der Waals surface area contributed by atoms with Crippen LogP contribution in [0.5, 0.6) is 5.75 Å². The van der Waals surface area contributed by atoms with Crippen LogP contribution in [0.4, 0.5) is 0 Å². The molecule has 2 N–H and O–H groups in total. The van der Waals surface area contributed by atoms with Gasteiger partial charge in [-0.15, -0.1) is 0 Å². The van der Waals surface area contributed by atoms with Crippen molar-refractivity contribution in [2.75, 3.05) is 13.7 Å². The standard InChI is InChI=1S/C15H20ClN3O2/c1-15(20,12-8-18-19(2)9-12)10-17-7-11-4-5-14(21-3)13(16)6-11/h4-6,8-9,17,20H,7,10H2,1-3H3. The fraction of sp³-hybridized carbons (Fsp3) is 0.400. The normalized spacial score (nSPS) is 14.0. The van der Waals surface area contributed by atoms with Crippen molar-refractivity contribution in [3.8, 4) is 5.75 Å². The van der Waals surface area contributed by atoms with Crippen molar-refractivity contribution in [3.63, 3.8) is 0 Å². The lowest BCUT2D eigenvalue weighted by Crippen LogP contribution is -2.34. The molecule has 0 fully saturated rings. The summed E-state index contributed by atoms with van der Waals surface area (Å²) < 4.78 is 6.79. The first kappa shape index (κ1) is 15.8. The van der Waals surface area contributed by atoms with Gasteiger partial charge in [-0.1, -0.05) is 17.7 Å². The second-order valence-electron chi connectivity index (χ2n) is 5.25. The second kappa shape index (κ2) is 6.47. The van der Waals surface area contributed by atoms with E-state index >= 15 is 0 Å². The van der Waals surface area contributed by atoms with Crippen LogP contribution >= 0.6 is 11.6 Å². The van der Waals surface area contributed by atoms with Crippen LogP contribution in [0.2, 0.25) is 5.02 Å². The van der Waals surface area contributed by atoms with Crippen molar-refractivity contribution in [2.45, 2.75) is 19.1 Å². The number of nitrogens with one attached hydrogen (secondary N) is 1. The van der Waals surface area contributed by atoms with Crippen LogP contribution in [0.15, 0.2) is 30.6 Å². The molecule has 0 aliphatic carbocycles. The molecule has 114 valence electrons. The molecule has 5 nitrogen and oxygen atoms in total. The van der Waals surface area contributed by atoms with E-state index in [0.29, 0.717) is 23.9 Å². The van der Waals surface area contributed by atoms with E-state index in [1.807, 2.05) is 31.4 Å². The van der Waals surface area contributed by atoms with Crippen LogP contribution in [-0.2, 0) is 19.2 Å². The summed E-state index contributed by atoms with van der Waals surface area (Å²) in [6.45, 7) is 2.79. The number of benzene rings is 1. The number of aryl methyl sites for hydroxylation is 1. The number of hydrogen-bond donors (Lipinski definition) is 2. The molecule has 2 rings (SSSR count). The Morgan fingerprint density at radius 2 is 2.24 bits per heavy atom. The largest absolute Gasteiger partial charge is 0.495 e. The zero-order valence-electron chi connectivity index (χ0n) is 12.4. The number of halogens is 1. The molecule has 1 aromatic heterocycles. The van der Waals surface area contributed by atoms with E-state index in [1.54, 1.807) is 24.9 Å². The molecular formula is C15H20ClN3O2. The smallest absolute Gasteiger partial charge is 0.137 e. The molecule has 0 spiro atoms. The maximum absolute atomic E-state index is 10.5. The summed E-state index contributed by atoms with van der Waals surface area (Å²) in [5, 5.41) is 18.3. The van der Waals surface area contributed by atoms with Crippen molar-refractivity contribution in [2.24, 2.45) is 7.05 Å². The first-order chi connectivity index (χ1) is 9.92. The van der Waals surface area contributed by atoms with Crippen molar-refractivity contribution < 1.29 is 9.84 Å². The van der Waals surface area contributed by atoms with Gasteiger partial charge in [0.05, 0.1) is 18.3 Å². The molecule has 0 saturated heterocycles. The van der Waals surface area contributed by atoms with Gasteiger partial charge in [-0.2, -0.15) is 5.10 Å². The summed E-state index contributed by atoms with van der Waals surface area (Å²) in [6.07, 6.45) is 3.48. The number of aliphatic hydroxyl groups is 1. The monoisotopic (exact) mass is 309 g/mol. The summed E-state index contributed by atoms with van der Waals surface area (Å²) in [5.74, 6) is 0.655. The molecule has 1 unspecified atom stereocenters. The molecule has 2 aromatic rings. The number of hydrogen-bond acceptors (Lipinski definition) is 4. The van der Waals surface area contributed by atoms with Gasteiger partial charge in [0.2, 0.25) is 0 Å². The lowest BCUT2D eigenvalue weighted by Gasteiger charge is -2.22. The molecule has 0 radical (unpaired) electrons. The van der Waals surface area contributed by atoms with Gasteiger partial charge >= 0.3 is 0 Å². The Balaban J connectivity index is 1.93. The number of ether oxygens (including phenoxy) is 1. The maximum atomic E-state index is 10.5. The van der Waals surface area contributed by atoms with Crippen LogP contribution in [0.1, 0.15) is 18.1 Å². The zero-order valence-corrected chi connectivity index (χ0v) is 13.2. The van der Waals surface area contributed by atoms with E-state index in [4.69, 9.17) is 16.3 Å². The van der Waals surface area contributed by atoms with Gasteiger partial charge in [0.1, 0.15) is 11.4 Å². The number of methoxy groups -OCH3 is 1. The van der Waals surface area contributed by atoms with Crippen LogP contribution in [0.3, 0.4) is 0 Å². The Morgan fingerprint density at radius 3 is 2.81 bits per heavy atom. The van der Waals surface area contributed by atoms with Gasteiger partial charge in [0, 0.05) is 31.9 Å². The number of nitrogens with zero attached hydrogens (tertiary/aromatic N) is 2. The highest BCUT2D eigenvalue weighted by molar-refractivity contribution is 6.32. The van der Waals surface area contributed by atoms with Crippen LogP contribution in [0, 0.1) is 0 Å². The fourth-order valence-electron chi connectivity index (χ4n) is 2.07. The van der Waals surface area contributed by atoms with E-state index < -0.39 is 5.60 Å². The quantitative estimate of drug-likeness (QED) is 0.858. The van der Waals surface area contributed by atoms with Crippen LogP contribution < -0.4 is 10.1 Å². The lowest BCUT2D eigenvalue weighted by atomic mass is 9.99. The molecule has 1 aromatic carbocycles. The number of aromatic nitrogens is 2. The minimum atomic E-state index is -0.968. The van der Waals surface area contributed by atoms with Gasteiger partial charge in [0.15, 0.2) is 0 Å². The Hall–Kier alpha value is -1.56. The van der Waals surface area contributed by atoms with Crippen LogP contribution in [0.25, 0.3) is 0 Å². The molecule has 0 aliphatic heterocycles. The molecule has 0 amide bonds. The predicted octanol–water partition coefficient (Wildman–Crippen LogP) is 2.08. The zero-order chi connectivity index (χ0) is 15.5. The summed E-state index contributed by atoms with van der Waals surface area (Å²) >= 11 is 6.08. The van der Waals surface area contributed by atoms with Crippen molar-refractivity contribution in [1.82, 2.24) is 15.1 Å². The van der Waals surface area contributed by atoms with Gasteiger partial charge < -0.3 is 15.2 Å². The Labute approximate surface area is 129 Å². The molecule has 6 heteroatoms. The second-order valence-corrected chi connectivity index (χ2v) is 5.66. The summed E-state index contributed by atoms with van der Waals surface area (Å²) in [5.41, 5.74) is 0.845. The molecule has 0 aliphatic rings. The van der Waals surface area contributed by atoms with Gasteiger partial charge in [0.25, 0.3) is 0 Å². The van der Waals surface area contributed by atoms with Gasteiger partial charge in [-0.25, -0.2) is 0 Å². The minimum Gasteiger partial charge on any atom is -0.495 e. The Morgan fingerprint density at radius 1 is 1.48 bits per heavy atom. The predicted molar refractivity (Wildman–Crippen MR) is 82.5 cm³/mol. The van der Waals surface area contributed by atoms with Crippen molar-refractivity contribution in [3.05, 3.63) is 46.7 Å². The minimum absolute atomic E-state index is 0.419. The third kappa shape index (κ3) is 3.97. The molecule has 0 bridgehead atoms. The molecular weight excluding hydrogens is 290 g/mol. The van der Waals surface area contributed by atoms with E-state index in [0.717, 1.165) is 11.1 Å².